The minimum atomic E-state index is -0.117. The van der Waals surface area contributed by atoms with Crippen LogP contribution in [0.4, 0.5) is 5.82 Å². The van der Waals surface area contributed by atoms with Gasteiger partial charge in [-0.15, -0.1) is 0 Å². The highest BCUT2D eigenvalue weighted by Gasteiger charge is 2.13. The van der Waals surface area contributed by atoms with Crippen molar-refractivity contribution in [1.82, 2.24) is 20.2 Å². The molecular weight excluding hydrogens is 186 g/mol. The number of amidine groups is 1. The van der Waals surface area contributed by atoms with E-state index in [0.29, 0.717) is 16.7 Å². The van der Waals surface area contributed by atoms with Gasteiger partial charge in [-0.05, 0) is 0 Å². The number of rotatable bonds is 1. The van der Waals surface area contributed by atoms with Crippen molar-refractivity contribution in [2.24, 2.45) is 10.9 Å². The summed E-state index contributed by atoms with van der Waals surface area (Å²) in [5.41, 5.74) is 11.7. The Hall–Kier alpha value is -2.38. The first-order valence-electron chi connectivity index (χ1n) is 3.66. The Labute approximate surface area is 77.6 Å². The first-order chi connectivity index (χ1) is 6.74. The second-order valence-electron chi connectivity index (χ2n) is 2.54. The lowest BCUT2D eigenvalue weighted by Gasteiger charge is -1.96. The van der Waals surface area contributed by atoms with Crippen LogP contribution in [0.5, 0.6) is 0 Å². The Morgan fingerprint density at radius 3 is 3.00 bits per heavy atom. The molecule has 0 aliphatic heterocycles. The van der Waals surface area contributed by atoms with Crippen molar-refractivity contribution in [2.45, 2.75) is 0 Å². The molecule has 0 amide bonds. The molecule has 8 nitrogen and oxygen atoms in total. The Morgan fingerprint density at radius 2 is 2.29 bits per heavy atom. The molecule has 2 aromatic heterocycles. The Morgan fingerprint density at radius 1 is 1.50 bits per heavy atom. The molecule has 0 aliphatic carbocycles. The first kappa shape index (κ1) is 8.23. The zero-order valence-corrected chi connectivity index (χ0v) is 6.97. The third-order valence-corrected chi connectivity index (χ3v) is 1.74. The Bertz CT molecular complexity index is 502. The lowest BCUT2D eigenvalue weighted by atomic mass is 10.2. The van der Waals surface area contributed by atoms with Crippen molar-refractivity contribution in [3.05, 3.63) is 12.0 Å². The van der Waals surface area contributed by atoms with E-state index in [1.165, 1.54) is 6.33 Å². The molecule has 2 heterocycles. The van der Waals surface area contributed by atoms with Crippen LogP contribution in [0.25, 0.3) is 11.0 Å². The van der Waals surface area contributed by atoms with E-state index < -0.39 is 0 Å². The van der Waals surface area contributed by atoms with E-state index in [1.807, 2.05) is 0 Å². The lowest BCUT2D eigenvalue weighted by molar-refractivity contribution is 0.318. The molecule has 72 valence electrons. The maximum atomic E-state index is 8.49. The number of hydrogen-bond donors (Lipinski definition) is 4. The Kier molecular flexibility index (Phi) is 1.67. The van der Waals surface area contributed by atoms with Crippen molar-refractivity contribution in [2.75, 3.05) is 5.73 Å². The largest absolute Gasteiger partial charge is 0.409 e. The number of nitrogens with one attached hydrogen (secondary N) is 1. The van der Waals surface area contributed by atoms with E-state index in [4.69, 9.17) is 16.7 Å². The summed E-state index contributed by atoms with van der Waals surface area (Å²) in [5.74, 6) is 0.111. The predicted molar refractivity (Wildman–Crippen MR) is 48.6 cm³/mol. The zero-order valence-electron chi connectivity index (χ0n) is 6.97. The van der Waals surface area contributed by atoms with Gasteiger partial charge in [-0.2, -0.15) is 5.10 Å². The molecule has 14 heavy (non-hydrogen) atoms. The predicted octanol–water partition coefficient (Wildman–Crippen LogP) is -0.970. The number of oxime groups is 1. The van der Waals surface area contributed by atoms with E-state index in [1.54, 1.807) is 0 Å². The highest BCUT2D eigenvalue weighted by atomic mass is 16.4. The number of H-pyrrole nitrogens is 1. The van der Waals surface area contributed by atoms with Crippen LogP contribution in [0.2, 0.25) is 0 Å². The minimum absolute atomic E-state index is 0.117. The number of anilines is 1. The van der Waals surface area contributed by atoms with Crippen molar-refractivity contribution in [1.29, 1.82) is 0 Å². The highest BCUT2D eigenvalue weighted by Crippen LogP contribution is 2.17. The lowest BCUT2D eigenvalue weighted by Crippen LogP contribution is -2.14. The topological polar surface area (TPSA) is 139 Å². The number of nitrogens with two attached hydrogens (primary N) is 2. The molecule has 6 N–H and O–H groups in total. The first-order valence-corrected chi connectivity index (χ1v) is 3.66. The smallest absolute Gasteiger partial charge is 0.189 e. The molecule has 8 heteroatoms. The number of nitrogen functional groups attached to an aromatic ring is 1. The van der Waals surface area contributed by atoms with E-state index in [-0.39, 0.29) is 11.7 Å². The van der Waals surface area contributed by atoms with Gasteiger partial charge in [-0.25, -0.2) is 9.97 Å². The summed E-state index contributed by atoms with van der Waals surface area (Å²) in [5, 5.41) is 18.1. The second kappa shape index (κ2) is 2.83. The van der Waals surface area contributed by atoms with E-state index >= 15 is 0 Å². The summed E-state index contributed by atoms with van der Waals surface area (Å²) >= 11 is 0. The number of nitrogens with zero attached hydrogens (tertiary/aromatic N) is 4. The summed E-state index contributed by atoms with van der Waals surface area (Å²) in [7, 11) is 0. The van der Waals surface area contributed by atoms with Crippen LogP contribution in [-0.2, 0) is 0 Å². The van der Waals surface area contributed by atoms with E-state index in [0.717, 1.165) is 0 Å². The van der Waals surface area contributed by atoms with Gasteiger partial charge in [0.25, 0.3) is 0 Å². The molecule has 2 rings (SSSR count). The average molecular weight is 193 g/mol. The molecule has 0 saturated heterocycles. The van der Waals surface area contributed by atoms with Gasteiger partial charge in [-0.1, -0.05) is 5.16 Å². The fraction of sp³-hybridized carbons (Fsp3) is 0. The van der Waals surface area contributed by atoms with Crippen molar-refractivity contribution in [3.63, 3.8) is 0 Å². The number of fused-ring (bicyclic) bond motifs is 1. The van der Waals surface area contributed by atoms with Gasteiger partial charge in [0.15, 0.2) is 11.5 Å². The summed E-state index contributed by atoms with van der Waals surface area (Å²) in [6.07, 6.45) is 1.29. The number of hydrogen-bond acceptors (Lipinski definition) is 6. The average Bonchev–Trinajstić information content (AvgIpc) is 2.62. The van der Waals surface area contributed by atoms with Crippen LogP contribution >= 0.6 is 0 Å². The van der Waals surface area contributed by atoms with Crippen LogP contribution < -0.4 is 11.5 Å². The number of aromatic nitrogens is 4. The van der Waals surface area contributed by atoms with E-state index in [9.17, 15) is 0 Å². The van der Waals surface area contributed by atoms with Crippen LogP contribution in [0, 0.1) is 0 Å². The summed E-state index contributed by atoms with van der Waals surface area (Å²) in [6, 6.07) is 0. The van der Waals surface area contributed by atoms with Crippen molar-refractivity contribution < 1.29 is 5.21 Å². The molecule has 0 fully saturated rings. The fourth-order valence-electron chi connectivity index (χ4n) is 1.11. The molecule has 0 saturated carbocycles. The summed E-state index contributed by atoms with van der Waals surface area (Å²) < 4.78 is 0. The molecule has 0 spiro atoms. The second-order valence-corrected chi connectivity index (χ2v) is 2.54. The third-order valence-electron chi connectivity index (χ3n) is 1.74. The van der Waals surface area contributed by atoms with Gasteiger partial charge < -0.3 is 16.7 Å². The van der Waals surface area contributed by atoms with Gasteiger partial charge in [0.2, 0.25) is 0 Å². The van der Waals surface area contributed by atoms with Crippen LogP contribution in [0.15, 0.2) is 11.5 Å². The quantitative estimate of drug-likeness (QED) is 0.199. The molecule has 0 bridgehead atoms. The number of aromatic amines is 1. The zero-order chi connectivity index (χ0) is 10.1. The molecular formula is C6H7N7O. The molecule has 0 aliphatic rings. The molecule has 0 atom stereocenters. The standard InChI is InChI=1S/C6H7N7O/c7-4-2-3(5(8)13-14)11-12-6(2)10-1-9-4/h1,14H,(H2,8,13)(H3,7,9,10,11,12). The van der Waals surface area contributed by atoms with Crippen LogP contribution in [0.1, 0.15) is 5.69 Å². The van der Waals surface area contributed by atoms with Crippen LogP contribution in [-0.4, -0.2) is 31.2 Å². The van der Waals surface area contributed by atoms with Crippen LogP contribution in [0.3, 0.4) is 0 Å². The van der Waals surface area contributed by atoms with Gasteiger partial charge in [0.1, 0.15) is 17.8 Å². The minimum Gasteiger partial charge on any atom is -0.409 e. The Balaban J connectivity index is 2.80. The molecule has 2 aromatic rings. The van der Waals surface area contributed by atoms with Gasteiger partial charge in [0, 0.05) is 0 Å². The fourth-order valence-corrected chi connectivity index (χ4v) is 1.11. The molecule has 0 unspecified atom stereocenters. The van der Waals surface area contributed by atoms with Gasteiger partial charge in [-0.3, -0.25) is 5.10 Å². The van der Waals surface area contributed by atoms with Crippen molar-refractivity contribution >= 4 is 22.7 Å². The summed E-state index contributed by atoms with van der Waals surface area (Å²) in [6.45, 7) is 0. The molecule has 0 aromatic carbocycles. The molecule has 0 radical (unpaired) electrons. The third kappa shape index (κ3) is 1.01. The van der Waals surface area contributed by atoms with Gasteiger partial charge in [0.05, 0.1) is 5.39 Å². The van der Waals surface area contributed by atoms with E-state index in [2.05, 4.69) is 25.3 Å². The highest BCUT2D eigenvalue weighted by molar-refractivity contribution is 6.08. The normalized spacial score (nSPS) is 12.1. The van der Waals surface area contributed by atoms with Gasteiger partial charge >= 0.3 is 0 Å². The maximum absolute atomic E-state index is 8.49. The van der Waals surface area contributed by atoms with Crippen molar-refractivity contribution in [3.8, 4) is 0 Å². The maximum Gasteiger partial charge on any atom is 0.189 e. The summed E-state index contributed by atoms with van der Waals surface area (Å²) in [4.78, 5) is 7.63. The SMILES string of the molecule is N/C(=N\O)c1[nH]nc2ncnc(N)c12. The monoisotopic (exact) mass is 193 g/mol.